The van der Waals surface area contributed by atoms with E-state index in [9.17, 15) is 4.79 Å². The van der Waals surface area contributed by atoms with Gasteiger partial charge >= 0.3 is 5.97 Å². The Balaban J connectivity index is 2.17. The molecule has 1 aromatic heterocycles. The number of aromatic nitrogens is 2. The molecule has 0 saturated carbocycles. The van der Waals surface area contributed by atoms with Crippen LogP contribution in [-0.2, 0) is 18.2 Å². The lowest BCUT2D eigenvalue weighted by atomic mass is 10.1. The fraction of sp³-hybridized carbons (Fsp3) is 0.412. The van der Waals surface area contributed by atoms with Crippen molar-refractivity contribution in [2.45, 2.75) is 33.1 Å². The molecule has 0 N–H and O–H groups in total. The van der Waals surface area contributed by atoms with Crippen LogP contribution in [0.3, 0.4) is 0 Å². The van der Waals surface area contributed by atoms with Crippen LogP contribution in [0.2, 0.25) is 0 Å². The number of ether oxygens (including phenoxy) is 1. The van der Waals surface area contributed by atoms with Gasteiger partial charge < -0.3 is 4.74 Å². The van der Waals surface area contributed by atoms with Crippen LogP contribution in [0.5, 0.6) is 0 Å². The van der Waals surface area contributed by atoms with Gasteiger partial charge in [-0.25, -0.2) is 4.79 Å². The average Bonchev–Trinajstić information content (AvgIpc) is 2.86. The molecule has 0 radical (unpaired) electrons. The Kier molecular flexibility index (Phi) is 5.14. The fourth-order valence-corrected chi connectivity index (χ4v) is 2.23. The summed E-state index contributed by atoms with van der Waals surface area (Å²) in [7, 11) is 1.97. The maximum atomic E-state index is 11.6. The summed E-state index contributed by atoms with van der Waals surface area (Å²) in [6.07, 6.45) is 3.39. The largest absolute Gasteiger partial charge is 0.462 e. The monoisotopic (exact) mass is 286 g/mol. The molecule has 2 aromatic rings. The Hall–Kier alpha value is -2.10. The Morgan fingerprint density at radius 2 is 1.95 bits per heavy atom. The van der Waals surface area contributed by atoms with Gasteiger partial charge in [-0.1, -0.05) is 25.5 Å². The number of hydrogen-bond acceptors (Lipinski definition) is 3. The summed E-state index contributed by atoms with van der Waals surface area (Å²) < 4.78 is 6.92. The van der Waals surface area contributed by atoms with Gasteiger partial charge in [0.25, 0.3) is 0 Å². The van der Waals surface area contributed by atoms with E-state index in [2.05, 4.69) is 18.1 Å². The summed E-state index contributed by atoms with van der Waals surface area (Å²) in [5.41, 5.74) is 3.77. The van der Waals surface area contributed by atoms with Crippen LogP contribution >= 0.6 is 0 Å². The van der Waals surface area contributed by atoms with Crippen LogP contribution in [0.25, 0.3) is 11.3 Å². The molecular formula is C17H22N2O2. The summed E-state index contributed by atoms with van der Waals surface area (Å²) in [5.74, 6) is -0.284. The molecule has 21 heavy (non-hydrogen) atoms. The zero-order valence-corrected chi connectivity index (χ0v) is 12.9. The van der Waals surface area contributed by atoms with E-state index >= 15 is 0 Å². The molecule has 0 spiro atoms. The van der Waals surface area contributed by atoms with Gasteiger partial charge in [0, 0.05) is 18.3 Å². The molecule has 0 aliphatic carbocycles. The van der Waals surface area contributed by atoms with Crippen molar-refractivity contribution < 1.29 is 9.53 Å². The Bertz CT molecular complexity index is 600. The standard InChI is InChI=1S/C17H22N2O2/c1-4-6-7-15-12-16(18-19(15)3)13-8-10-14(11-9-13)17(20)21-5-2/h8-12H,4-7H2,1-3H3. The van der Waals surface area contributed by atoms with E-state index < -0.39 is 0 Å². The third-order valence-electron chi connectivity index (χ3n) is 3.45. The van der Waals surface area contributed by atoms with Crippen molar-refractivity contribution in [1.82, 2.24) is 9.78 Å². The molecule has 0 unspecified atom stereocenters. The molecule has 0 aliphatic heterocycles. The molecule has 0 fully saturated rings. The van der Waals surface area contributed by atoms with Crippen LogP contribution in [0.15, 0.2) is 30.3 Å². The van der Waals surface area contributed by atoms with Crippen molar-refractivity contribution in [3.8, 4) is 11.3 Å². The van der Waals surface area contributed by atoms with Crippen molar-refractivity contribution >= 4 is 5.97 Å². The smallest absolute Gasteiger partial charge is 0.338 e. The minimum Gasteiger partial charge on any atom is -0.462 e. The first-order chi connectivity index (χ1) is 10.2. The van der Waals surface area contributed by atoms with Crippen LogP contribution in [-0.4, -0.2) is 22.4 Å². The highest BCUT2D eigenvalue weighted by molar-refractivity contribution is 5.89. The highest BCUT2D eigenvalue weighted by Gasteiger charge is 2.09. The lowest BCUT2D eigenvalue weighted by molar-refractivity contribution is 0.0526. The minimum atomic E-state index is -0.284. The summed E-state index contributed by atoms with van der Waals surface area (Å²) in [6, 6.07) is 9.52. The molecule has 2 rings (SSSR count). The fourth-order valence-electron chi connectivity index (χ4n) is 2.23. The second kappa shape index (κ2) is 7.07. The first-order valence-electron chi connectivity index (χ1n) is 7.46. The van der Waals surface area contributed by atoms with Gasteiger partial charge in [-0.15, -0.1) is 0 Å². The predicted octanol–water partition coefficient (Wildman–Crippen LogP) is 3.61. The first-order valence-corrected chi connectivity index (χ1v) is 7.46. The normalized spacial score (nSPS) is 10.6. The quantitative estimate of drug-likeness (QED) is 0.762. The van der Waals surface area contributed by atoms with Crippen LogP contribution in [0.1, 0.15) is 42.7 Å². The zero-order valence-electron chi connectivity index (χ0n) is 12.9. The number of esters is 1. The van der Waals surface area contributed by atoms with Crippen molar-refractivity contribution in [1.29, 1.82) is 0 Å². The number of benzene rings is 1. The molecule has 1 heterocycles. The Morgan fingerprint density at radius 1 is 1.24 bits per heavy atom. The molecule has 0 saturated heterocycles. The number of hydrogen-bond donors (Lipinski definition) is 0. The van der Waals surface area contributed by atoms with E-state index in [1.54, 1.807) is 19.1 Å². The van der Waals surface area contributed by atoms with E-state index in [0.717, 1.165) is 17.7 Å². The van der Waals surface area contributed by atoms with Gasteiger partial charge in [0.05, 0.1) is 17.9 Å². The summed E-state index contributed by atoms with van der Waals surface area (Å²) in [6.45, 7) is 4.38. The van der Waals surface area contributed by atoms with Crippen molar-refractivity contribution in [3.63, 3.8) is 0 Å². The van der Waals surface area contributed by atoms with E-state index in [1.807, 2.05) is 23.9 Å². The number of nitrogens with zero attached hydrogens (tertiary/aromatic N) is 2. The Labute approximate surface area is 125 Å². The van der Waals surface area contributed by atoms with Gasteiger partial charge in [0.1, 0.15) is 0 Å². The number of aryl methyl sites for hydroxylation is 2. The summed E-state index contributed by atoms with van der Waals surface area (Å²) >= 11 is 0. The molecule has 4 nitrogen and oxygen atoms in total. The molecule has 0 amide bonds. The lowest BCUT2D eigenvalue weighted by Gasteiger charge is -2.02. The predicted molar refractivity (Wildman–Crippen MR) is 83.2 cm³/mol. The van der Waals surface area contributed by atoms with Crippen LogP contribution in [0.4, 0.5) is 0 Å². The molecular weight excluding hydrogens is 264 g/mol. The molecule has 0 atom stereocenters. The highest BCUT2D eigenvalue weighted by atomic mass is 16.5. The van der Waals surface area contributed by atoms with Crippen molar-refractivity contribution in [2.75, 3.05) is 6.61 Å². The van der Waals surface area contributed by atoms with Gasteiger partial charge in [-0.3, -0.25) is 4.68 Å². The average molecular weight is 286 g/mol. The number of carbonyl (C=O) groups is 1. The molecule has 112 valence electrons. The van der Waals surface area contributed by atoms with Crippen LogP contribution in [0, 0.1) is 0 Å². The lowest BCUT2D eigenvalue weighted by Crippen LogP contribution is -2.04. The second-order valence-electron chi connectivity index (χ2n) is 5.05. The van der Waals surface area contributed by atoms with Crippen LogP contribution < -0.4 is 0 Å². The molecule has 0 aliphatic rings. The minimum absolute atomic E-state index is 0.284. The molecule has 0 bridgehead atoms. The zero-order chi connectivity index (χ0) is 15.2. The molecule has 4 heteroatoms. The van der Waals surface area contributed by atoms with E-state index in [-0.39, 0.29) is 5.97 Å². The number of unbranched alkanes of at least 4 members (excludes halogenated alkanes) is 1. The summed E-state index contributed by atoms with van der Waals surface area (Å²) in [4.78, 5) is 11.6. The van der Waals surface area contributed by atoms with Gasteiger partial charge in [0.2, 0.25) is 0 Å². The van der Waals surface area contributed by atoms with E-state index in [1.165, 1.54) is 18.5 Å². The number of rotatable bonds is 6. The summed E-state index contributed by atoms with van der Waals surface area (Å²) in [5, 5.41) is 4.55. The van der Waals surface area contributed by atoms with Gasteiger partial charge in [-0.2, -0.15) is 5.10 Å². The van der Waals surface area contributed by atoms with Crippen molar-refractivity contribution in [3.05, 3.63) is 41.6 Å². The second-order valence-corrected chi connectivity index (χ2v) is 5.05. The third kappa shape index (κ3) is 3.72. The Morgan fingerprint density at radius 3 is 2.57 bits per heavy atom. The maximum absolute atomic E-state index is 11.6. The van der Waals surface area contributed by atoms with E-state index in [4.69, 9.17) is 4.74 Å². The van der Waals surface area contributed by atoms with Gasteiger partial charge in [0.15, 0.2) is 0 Å². The topological polar surface area (TPSA) is 44.1 Å². The first kappa shape index (κ1) is 15.3. The highest BCUT2D eigenvalue weighted by Crippen LogP contribution is 2.20. The van der Waals surface area contributed by atoms with Crippen molar-refractivity contribution in [2.24, 2.45) is 7.05 Å². The number of carbonyl (C=O) groups excluding carboxylic acids is 1. The SMILES string of the molecule is CCCCc1cc(-c2ccc(C(=O)OCC)cc2)nn1C. The van der Waals surface area contributed by atoms with E-state index in [0.29, 0.717) is 12.2 Å². The third-order valence-corrected chi connectivity index (χ3v) is 3.45. The molecule has 1 aromatic carbocycles. The van der Waals surface area contributed by atoms with Gasteiger partial charge in [-0.05, 0) is 38.0 Å². The maximum Gasteiger partial charge on any atom is 0.338 e.